The van der Waals surface area contributed by atoms with E-state index in [4.69, 9.17) is 9.97 Å². The molecule has 0 N–H and O–H groups in total. The van der Waals surface area contributed by atoms with Crippen LogP contribution in [0.5, 0.6) is 0 Å². The number of hydrogen-bond acceptors (Lipinski definition) is 3. The Morgan fingerprint density at radius 3 is 2.02 bits per heavy atom. The second kappa shape index (κ2) is 10.0. The molecule has 0 atom stereocenters. The largest absolute Gasteiger partial charge is 0.307 e. The average Bonchev–Trinajstić information content (AvgIpc) is 3.95. The number of thiophene rings is 1. The van der Waals surface area contributed by atoms with E-state index in [1.54, 1.807) is 0 Å². The number of nitrogens with zero attached hydrogens (tertiary/aromatic N) is 4. The lowest BCUT2D eigenvalue weighted by Gasteiger charge is -2.13. The zero-order valence-corrected chi connectivity index (χ0v) is 28.0. The number of hydrogen-bond donors (Lipinski definition) is 0. The van der Waals surface area contributed by atoms with E-state index >= 15 is 0 Å². The van der Waals surface area contributed by atoms with E-state index in [0.717, 1.165) is 38.6 Å². The lowest BCUT2D eigenvalue weighted by Crippen LogP contribution is -2.03. The van der Waals surface area contributed by atoms with Crippen LogP contribution in [0.2, 0.25) is 0 Å². The van der Waals surface area contributed by atoms with Crippen molar-refractivity contribution in [3.05, 3.63) is 157 Å². The van der Waals surface area contributed by atoms with Crippen LogP contribution in [0.3, 0.4) is 0 Å². The van der Waals surface area contributed by atoms with E-state index in [1.165, 1.54) is 64.7 Å². The summed E-state index contributed by atoms with van der Waals surface area (Å²) in [6.07, 6.45) is 0. The molecule has 0 aliphatic rings. The van der Waals surface area contributed by atoms with E-state index in [-0.39, 0.29) is 0 Å². The minimum absolute atomic E-state index is 0.671. The summed E-state index contributed by atoms with van der Waals surface area (Å²) in [5, 5.41) is 11.8. The maximum absolute atomic E-state index is 5.37. The molecule has 5 aromatic heterocycles. The van der Waals surface area contributed by atoms with Crippen LogP contribution in [0.4, 0.5) is 0 Å². The van der Waals surface area contributed by atoms with Gasteiger partial charge in [0.05, 0.1) is 43.5 Å². The molecule has 236 valence electrons. The van der Waals surface area contributed by atoms with Crippen LogP contribution in [-0.2, 0) is 0 Å². The molecule has 51 heavy (non-hydrogen) atoms. The third-order valence-corrected chi connectivity index (χ3v) is 11.7. The van der Waals surface area contributed by atoms with Crippen molar-refractivity contribution in [2.75, 3.05) is 0 Å². The van der Waals surface area contributed by atoms with Gasteiger partial charge < -0.3 is 4.40 Å². The zero-order chi connectivity index (χ0) is 33.2. The number of para-hydroxylation sites is 2. The molecule has 0 bridgehead atoms. The van der Waals surface area contributed by atoms with Gasteiger partial charge in [-0.05, 0) is 70.4 Å². The molecule has 4 nitrogen and oxygen atoms in total. The van der Waals surface area contributed by atoms with Crippen molar-refractivity contribution in [2.45, 2.75) is 0 Å². The highest BCUT2D eigenvalue weighted by Crippen LogP contribution is 2.44. The summed E-state index contributed by atoms with van der Waals surface area (Å²) in [5.74, 6) is 0.671. The highest BCUT2D eigenvalue weighted by molar-refractivity contribution is 7.18. The van der Waals surface area contributed by atoms with Gasteiger partial charge in [0.25, 0.3) is 0 Å². The predicted molar refractivity (Wildman–Crippen MR) is 215 cm³/mol. The molecule has 0 radical (unpaired) electrons. The van der Waals surface area contributed by atoms with Gasteiger partial charge in [0.15, 0.2) is 0 Å². The van der Waals surface area contributed by atoms with Crippen LogP contribution in [0.25, 0.3) is 109 Å². The second-order valence-electron chi connectivity index (χ2n) is 13.4. The number of fused-ring (bicyclic) bond motifs is 12. The maximum Gasteiger partial charge on any atom is 0.235 e. The van der Waals surface area contributed by atoms with Gasteiger partial charge in [-0.15, -0.1) is 11.3 Å². The van der Waals surface area contributed by atoms with E-state index in [1.807, 2.05) is 11.3 Å². The van der Waals surface area contributed by atoms with E-state index in [9.17, 15) is 0 Å². The normalized spacial score (nSPS) is 12.3. The zero-order valence-electron chi connectivity index (χ0n) is 27.2. The minimum atomic E-state index is 0.671. The van der Waals surface area contributed by atoms with E-state index in [2.05, 4.69) is 166 Å². The lowest BCUT2D eigenvalue weighted by molar-refractivity contribution is 1.02. The van der Waals surface area contributed by atoms with Crippen molar-refractivity contribution in [3.8, 4) is 28.3 Å². The molecule has 0 saturated heterocycles. The van der Waals surface area contributed by atoms with Crippen molar-refractivity contribution in [1.29, 1.82) is 0 Å². The van der Waals surface area contributed by atoms with Gasteiger partial charge in [0.1, 0.15) is 0 Å². The van der Waals surface area contributed by atoms with Crippen LogP contribution >= 0.6 is 11.3 Å². The number of benzene rings is 7. The van der Waals surface area contributed by atoms with Crippen molar-refractivity contribution in [1.82, 2.24) is 18.9 Å². The van der Waals surface area contributed by atoms with Gasteiger partial charge in [0, 0.05) is 43.3 Å². The lowest BCUT2D eigenvalue weighted by atomic mass is 9.99. The summed E-state index contributed by atoms with van der Waals surface area (Å²) in [4.78, 5) is 10.7. The van der Waals surface area contributed by atoms with Crippen molar-refractivity contribution in [3.63, 3.8) is 0 Å². The Bertz CT molecular complexity index is 3370. The summed E-state index contributed by atoms with van der Waals surface area (Å²) >= 11 is 1.83. The van der Waals surface area contributed by atoms with Crippen molar-refractivity contribution >= 4 is 92.2 Å². The highest BCUT2D eigenvalue weighted by atomic mass is 32.1. The van der Waals surface area contributed by atoms with Gasteiger partial charge in [-0.1, -0.05) is 103 Å². The van der Waals surface area contributed by atoms with Crippen molar-refractivity contribution < 1.29 is 0 Å². The molecule has 0 unspecified atom stereocenters. The predicted octanol–water partition coefficient (Wildman–Crippen LogP) is 12.4. The second-order valence-corrected chi connectivity index (χ2v) is 14.3. The smallest absolute Gasteiger partial charge is 0.235 e. The summed E-state index contributed by atoms with van der Waals surface area (Å²) in [6.45, 7) is 0. The van der Waals surface area contributed by atoms with Crippen LogP contribution in [0, 0.1) is 0 Å². The standard InChI is InChI=1S/C46H26N4S/c1-2-11-28(12-3-1)42-34-20-18-27-10-4-5-13-31(27)43(34)48-46(47-42)50-39-17-9-6-14-32(39)35-24-29(19-21-40(35)50)30-25-36-33-15-7-8-16-38(33)49-41-22-23-51-45(41)37(26-30)44(36)49/h1-26H. The third kappa shape index (κ3) is 3.68. The van der Waals surface area contributed by atoms with E-state index in [0.29, 0.717) is 5.95 Å². The molecule has 12 rings (SSSR count). The third-order valence-electron chi connectivity index (χ3n) is 10.7. The van der Waals surface area contributed by atoms with Gasteiger partial charge in [-0.3, -0.25) is 4.57 Å². The fraction of sp³-hybridized carbons (Fsp3) is 0. The Kier molecular flexibility index (Phi) is 5.35. The first-order chi connectivity index (χ1) is 25.3. The summed E-state index contributed by atoms with van der Waals surface area (Å²) in [7, 11) is 0. The first-order valence-electron chi connectivity index (χ1n) is 17.2. The molecule has 0 spiro atoms. The molecule has 5 heteroatoms. The van der Waals surface area contributed by atoms with Gasteiger partial charge in [-0.2, -0.15) is 0 Å². The average molecular weight is 667 g/mol. The Hall–Kier alpha value is -6.56. The molecular weight excluding hydrogens is 641 g/mol. The highest BCUT2D eigenvalue weighted by Gasteiger charge is 2.21. The summed E-state index contributed by atoms with van der Waals surface area (Å²) in [5.41, 5.74) is 11.4. The van der Waals surface area contributed by atoms with Crippen LogP contribution in [0.15, 0.2) is 157 Å². The fourth-order valence-corrected chi connectivity index (χ4v) is 9.40. The quantitative estimate of drug-likeness (QED) is 0.176. The molecule has 0 saturated carbocycles. The molecule has 5 heterocycles. The minimum Gasteiger partial charge on any atom is -0.307 e. The Morgan fingerprint density at radius 1 is 0.431 bits per heavy atom. The van der Waals surface area contributed by atoms with Gasteiger partial charge >= 0.3 is 0 Å². The van der Waals surface area contributed by atoms with Crippen LogP contribution in [-0.4, -0.2) is 18.9 Å². The molecule has 7 aromatic carbocycles. The fourth-order valence-electron chi connectivity index (χ4n) is 8.50. The summed E-state index contributed by atoms with van der Waals surface area (Å²) < 4.78 is 6.04. The van der Waals surface area contributed by atoms with Crippen molar-refractivity contribution in [2.24, 2.45) is 0 Å². The first kappa shape index (κ1) is 27.3. The summed E-state index contributed by atoms with van der Waals surface area (Å²) in [6, 6.07) is 54.7. The molecular formula is C46H26N4S. The topological polar surface area (TPSA) is 35.1 Å². The maximum atomic E-state index is 5.37. The Labute approximate surface area is 295 Å². The van der Waals surface area contributed by atoms with Gasteiger partial charge in [0.2, 0.25) is 5.95 Å². The number of aromatic nitrogens is 4. The molecule has 12 aromatic rings. The molecule has 0 aliphatic carbocycles. The number of rotatable bonds is 3. The first-order valence-corrected chi connectivity index (χ1v) is 18.1. The Morgan fingerprint density at radius 2 is 1.14 bits per heavy atom. The Balaban J connectivity index is 1.14. The molecule has 0 fully saturated rings. The van der Waals surface area contributed by atoms with Gasteiger partial charge in [-0.25, -0.2) is 9.97 Å². The SMILES string of the molecule is c1ccc(-c2nc(-n3c4ccccc4c4cc(-c5cc6c7ccccc7n7c8ccsc8c(c5)c67)ccc43)nc3c2ccc2ccccc23)cc1. The monoisotopic (exact) mass is 666 g/mol. The van der Waals surface area contributed by atoms with Crippen LogP contribution in [0.1, 0.15) is 0 Å². The molecule has 0 aliphatic heterocycles. The van der Waals surface area contributed by atoms with E-state index < -0.39 is 0 Å². The van der Waals surface area contributed by atoms with Crippen LogP contribution < -0.4 is 0 Å². The molecule has 0 amide bonds.